The van der Waals surface area contributed by atoms with Gasteiger partial charge in [0.1, 0.15) is 5.75 Å². The van der Waals surface area contributed by atoms with Crippen molar-refractivity contribution in [2.24, 2.45) is 0 Å². The molecule has 4 N–H and O–H groups in total. The van der Waals surface area contributed by atoms with Crippen LogP contribution in [0, 0.1) is 0 Å². The first-order valence-corrected chi connectivity index (χ1v) is 5.73. The van der Waals surface area contributed by atoms with Crippen LogP contribution in [0.1, 0.15) is 11.1 Å². The Kier molecular flexibility index (Phi) is 3.85. The van der Waals surface area contributed by atoms with Crippen molar-refractivity contribution in [1.29, 1.82) is 0 Å². The summed E-state index contributed by atoms with van der Waals surface area (Å²) < 4.78 is 29.1. The zero-order valence-corrected chi connectivity index (χ0v) is 10.1. The number of halogens is 2. The number of hydrogen-bond donors (Lipinski definition) is 2. The van der Waals surface area contributed by atoms with Crippen molar-refractivity contribution >= 4 is 11.4 Å². The highest BCUT2D eigenvalue weighted by Gasteiger charge is 2.11. The number of alkyl halides is 2. The van der Waals surface area contributed by atoms with E-state index in [0.717, 1.165) is 5.56 Å². The van der Waals surface area contributed by atoms with Gasteiger partial charge in [-0.05, 0) is 23.3 Å². The summed E-state index contributed by atoms with van der Waals surface area (Å²) in [5, 5.41) is 0. The third-order valence-electron chi connectivity index (χ3n) is 2.80. The van der Waals surface area contributed by atoms with Gasteiger partial charge in [0.15, 0.2) is 0 Å². The van der Waals surface area contributed by atoms with E-state index in [4.69, 9.17) is 11.5 Å². The summed E-state index contributed by atoms with van der Waals surface area (Å²) in [4.78, 5) is 0. The molecular weight excluding hydrogens is 250 g/mol. The molecule has 0 aliphatic rings. The number of nitrogens with two attached hydrogens (primary N) is 2. The summed E-state index contributed by atoms with van der Waals surface area (Å²) in [6, 6.07) is 11.9. The molecule has 0 unspecified atom stereocenters. The van der Waals surface area contributed by atoms with Crippen LogP contribution < -0.4 is 16.2 Å². The minimum Gasteiger partial charge on any atom is -0.435 e. The summed E-state index contributed by atoms with van der Waals surface area (Å²) in [7, 11) is 0. The maximum absolute atomic E-state index is 12.3. The molecule has 19 heavy (non-hydrogen) atoms. The Morgan fingerprint density at radius 3 is 2.37 bits per heavy atom. The monoisotopic (exact) mass is 264 g/mol. The van der Waals surface area contributed by atoms with Gasteiger partial charge in [-0.3, -0.25) is 0 Å². The Morgan fingerprint density at radius 2 is 1.63 bits per heavy atom. The lowest BCUT2D eigenvalue weighted by Gasteiger charge is -2.12. The van der Waals surface area contributed by atoms with E-state index in [0.29, 0.717) is 23.4 Å². The second-order valence-electron chi connectivity index (χ2n) is 4.08. The third kappa shape index (κ3) is 3.13. The van der Waals surface area contributed by atoms with Gasteiger partial charge in [-0.2, -0.15) is 8.78 Å². The zero-order valence-electron chi connectivity index (χ0n) is 10.1. The van der Waals surface area contributed by atoms with Gasteiger partial charge >= 0.3 is 6.61 Å². The smallest absolute Gasteiger partial charge is 0.387 e. The van der Waals surface area contributed by atoms with Gasteiger partial charge in [0.25, 0.3) is 0 Å². The van der Waals surface area contributed by atoms with Gasteiger partial charge in [-0.25, -0.2) is 0 Å². The molecule has 0 saturated heterocycles. The summed E-state index contributed by atoms with van der Waals surface area (Å²) in [6.07, 6.45) is 0.389. The van der Waals surface area contributed by atoms with Crippen LogP contribution in [0.5, 0.6) is 5.75 Å². The minimum absolute atomic E-state index is 0.152. The van der Waals surface area contributed by atoms with Gasteiger partial charge in [-0.15, -0.1) is 0 Å². The van der Waals surface area contributed by atoms with E-state index in [-0.39, 0.29) is 5.75 Å². The van der Waals surface area contributed by atoms with Gasteiger partial charge in [0, 0.05) is 6.42 Å². The van der Waals surface area contributed by atoms with Gasteiger partial charge in [-0.1, -0.05) is 30.3 Å². The largest absolute Gasteiger partial charge is 0.435 e. The predicted molar refractivity (Wildman–Crippen MR) is 71.1 cm³/mol. The molecule has 2 aromatic carbocycles. The second kappa shape index (κ2) is 5.56. The van der Waals surface area contributed by atoms with Crippen molar-refractivity contribution < 1.29 is 13.5 Å². The van der Waals surface area contributed by atoms with E-state index in [2.05, 4.69) is 4.74 Å². The van der Waals surface area contributed by atoms with Gasteiger partial charge in [0.2, 0.25) is 0 Å². The molecule has 0 amide bonds. The van der Waals surface area contributed by atoms with E-state index in [9.17, 15) is 8.78 Å². The molecule has 0 atom stereocenters. The van der Waals surface area contributed by atoms with E-state index < -0.39 is 6.61 Å². The van der Waals surface area contributed by atoms with Crippen molar-refractivity contribution in [2.75, 3.05) is 11.5 Å². The average Bonchev–Trinajstić information content (AvgIpc) is 2.36. The predicted octanol–water partition coefficient (Wildman–Crippen LogP) is 3.04. The maximum atomic E-state index is 12.3. The van der Waals surface area contributed by atoms with Crippen molar-refractivity contribution in [3.63, 3.8) is 0 Å². The SMILES string of the molecule is Nc1cccc(Cc2ccccc2OC(F)F)c1N. The fourth-order valence-electron chi connectivity index (χ4n) is 1.85. The van der Waals surface area contributed by atoms with E-state index >= 15 is 0 Å². The first-order valence-electron chi connectivity index (χ1n) is 5.73. The quantitative estimate of drug-likeness (QED) is 0.834. The van der Waals surface area contributed by atoms with Crippen molar-refractivity contribution in [3.05, 3.63) is 53.6 Å². The standard InChI is InChI=1S/C14H14F2N2O/c15-14(16)19-12-7-2-1-4-9(12)8-10-5-3-6-11(17)13(10)18/h1-7,14H,8,17-18H2. The summed E-state index contributed by atoms with van der Waals surface area (Å²) in [6.45, 7) is -2.85. The number of anilines is 2. The summed E-state index contributed by atoms with van der Waals surface area (Å²) >= 11 is 0. The lowest BCUT2D eigenvalue weighted by atomic mass is 10.0. The van der Waals surface area contributed by atoms with Crippen molar-refractivity contribution in [1.82, 2.24) is 0 Å². The molecule has 0 saturated carbocycles. The van der Waals surface area contributed by atoms with Crippen LogP contribution in [0.15, 0.2) is 42.5 Å². The van der Waals surface area contributed by atoms with E-state index in [1.807, 2.05) is 6.07 Å². The average molecular weight is 264 g/mol. The number of benzene rings is 2. The summed E-state index contributed by atoms with van der Waals surface area (Å²) in [5.74, 6) is 0.152. The van der Waals surface area contributed by atoms with Crippen molar-refractivity contribution in [3.8, 4) is 5.75 Å². The maximum Gasteiger partial charge on any atom is 0.387 e. The molecule has 0 heterocycles. The lowest BCUT2D eigenvalue weighted by molar-refractivity contribution is -0.0503. The number of para-hydroxylation sites is 2. The van der Waals surface area contributed by atoms with Crippen LogP contribution in [0.2, 0.25) is 0 Å². The number of nitrogen functional groups attached to an aromatic ring is 2. The van der Waals surface area contributed by atoms with Gasteiger partial charge < -0.3 is 16.2 Å². The Hall–Kier alpha value is -2.30. The lowest BCUT2D eigenvalue weighted by Crippen LogP contribution is -2.06. The van der Waals surface area contributed by atoms with Crippen LogP contribution in [-0.4, -0.2) is 6.61 Å². The summed E-state index contributed by atoms with van der Waals surface area (Å²) in [5.41, 5.74) is 13.9. The first-order chi connectivity index (χ1) is 9.08. The molecule has 3 nitrogen and oxygen atoms in total. The highest BCUT2D eigenvalue weighted by molar-refractivity contribution is 5.68. The van der Waals surface area contributed by atoms with Gasteiger partial charge in [0.05, 0.1) is 11.4 Å². The number of rotatable bonds is 4. The molecule has 100 valence electrons. The minimum atomic E-state index is -2.85. The van der Waals surface area contributed by atoms with Crippen LogP contribution >= 0.6 is 0 Å². The van der Waals surface area contributed by atoms with E-state index in [1.165, 1.54) is 6.07 Å². The fraction of sp³-hybridized carbons (Fsp3) is 0.143. The van der Waals surface area contributed by atoms with Crippen molar-refractivity contribution in [2.45, 2.75) is 13.0 Å². The number of hydrogen-bond acceptors (Lipinski definition) is 3. The normalized spacial score (nSPS) is 10.7. The van der Waals surface area contributed by atoms with Crippen LogP contribution in [0.25, 0.3) is 0 Å². The Bertz CT molecular complexity index is 573. The van der Waals surface area contributed by atoms with E-state index in [1.54, 1.807) is 30.3 Å². The molecule has 2 rings (SSSR count). The highest BCUT2D eigenvalue weighted by Crippen LogP contribution is 2.27. The molecule has 0 radical (unpaired) electrons. The molecule has 2 aromatic rings. The second-order valence-corrected chi connectivity index (χ2v) is 4.08. The number of ether oxygens (including phenoxy) is 1. The molecule has 0 fully saturated rings. The Morgan fingerprint density at radius 1 is 0.947 bits per heavy atom. The fourth-order valence-corrected chi connectivity index (χ4v) is 1.85. The first kappa shape index (κ1) is 13.1. The molecule has 0 aliphatic carbocycles. The molecule has 5 heteroatoms. The topological polar surface area (TPSA) is 61.3 Å². The molecule has 0 aliphatic heterocycles. The molecule has 0 bridgehead atoms. The molecule has 0 aromatic heterocycles. The Balaban J connectivity index is 2.30. The highest BCUT2D eigenvalue weighted by atomic mass is 19.3. The third-order valence-corrected chi connectivity index (χ3v) is 2.80. The molecular formula is C14H14F2N2O. The molecule has 0 spiro atoms. The zero-order chi connectivity index (χ0) is 13.8. The van der Waals surface area contributed by atoms with Crippen LogP contribution in [0.3, 0.4) is 0 Å². The Labute approximate surface area is 109 Å². The van der Waals surface area contributed by atoms with Crippen LogP contribution in [-0.2, 0) is 6.42 Å². The van der Waals surface area contributed by atoms with Crippen LogP contribution in [0.4, 0.5) is 20.2 Å².